The Kier molecular flexibility index (Phi) is 6.76. The van der Waals surface area contributed by atoms with Crippen LogP contribution in [0.25, 0.3) is 10.9 Å². The molecule has 5 rings (SSSR count). The fourth-order valence-corrected chi connectivity index (χ4v) is 5.25. The normalized spacial score (nSPS) is 14.5. The van der Waals surface area contributed by atoms with Gasteiger partial charge in [0.15, 0.2) is 0 Å². The zero-order valence-electron chi connectivity index (χ0n) is 18.9. The number of ether oxygens (including phenoxy) is 1. The highest BCUT2D eigenvalue weighted by Crippen LogP contribution is 2.24. The summed E-state index contributed by atoms with van der Waals surface area (Å²) in [6.07, 6.45) is 1.84. The fourth-order valence-electron chi connectivity index (χ4n) is 4.18. The van der Waals surface area contributed by atoms with Crippen LogP contribution in [0, 0.1) is 6.92 Å². The molecule has 0 atom stereocenters. The Hall–Kier alpha value is -3.00. The largest absolute Gasteiger partial charge is 0.486 e. The van der Waals surface area contributed by atoms with Crippen molar-refractivity contribution in [2.75, 3.05) is 26.2 Å². The van der Waals surface area contributed by atoms with Gasteiger partial charge in [-0.3, -0.25) is 14.7 Å². The molecule has 0 unspecified atom stereocenters. The maximum absolute atomic E-state index is 13.2. The number of hydrogen-bond donors (Lipinski definition) is 0. The molecule has 8 heteroatoms. The molecule has 1 aliphatic heterocycles. The molecule has 2 aromatic heterocycles. The van der Waals surface area contributed by atoms with E-state index in [0.717, 1.165) is 47.0 Å². The van der Waals surface area contributed by atoms with Crippen LogP contribution in [0.1, 0.15) is 25.9 Å². The molecule has 0 radical (unpaired) electrons. The van der Waals surface area contributed by atoms with Crippen molar-refractivity contribution in [1.29, 1.82) is 0 Å². The average Bonchev–Trinajstić information content (AvgIpc) is 3.24. The van der Waals surface area contributed by atoms with Gasteiger partial charge in [0.05, 0.1) is 11.2 Å². The van der Waals surface area contributed by atoms with Crippen LogP contribution < -0.4 is 4.74 Å². The number of benzene rings is 2. The second-order valence-electron chi connectivity index (χ2n) is 8.33. The number of pyridine rings is 1. The summed E-state index contributed by atoms with van der Waals surface area (Å²) in [5, 5.41) is 2.61. The molecule has 1 fully saturated rings. The van der Waals surface area contributed by atoms with E-state index in [2.05, 4.69) is 39.1 Å². The number of rotatable bonds is 6. The first-order valence-electron chi connectivity index (χ1n) is 11.3. The van der Waals surface area contributed by atoms with Gasteiger partial charge in [-0.1, -0.05) is 35.9 Å². The Morgan fingerprint density at radius 1 is 1.06 bits per heavy atom. The van der Waals surface area contributed by atoms with Crippen LogP contribution in [0.4, 0.5) is 0 Å². The van der Waals surface area contributed by atoms with E-state index < -0.39 is 0 Å². The lowest BCUT2D eigenvalue weighted by molar-refractivity contribution is 0.0632. The van der Waals surface area contributed by atoms with Crippen molar-refractivity contribution >= 4 is 39.7 Å². The molecule has 3 heterocycles. The van der Waals surface area contributed by atoms with E-state index in [1.165, 1.54) is 16.9 Å². The third-order valence-corrected chi connectivity index (χ3v) is 7.35. The summed E-state index contributed by atoms with van der Waals surface area (Å²) >= 11 is 7.33. The summed E-state index contributed by atoms with van der Waals surface area (Å²) in [7, 11) is 0. The molecule has 0 N–H and O–H groups in total. The van der Waals surface area contributed by atoms with Crippen LogP contribution in [-0.4, -0.2) is 51.9 Å². The molecule has 0 spiro atoms. The van der Waals surface area contributed by atoms with E-state index >= 15 is 0 Å². The predicted molar refractivity (Wildman–Crippen MR) is 136 cm³/mol. The number of fused-ring (bicyclic) bond motifs is 1. The SMILES string of the molecule is Cc1nc(COc2ccc(Cl)cc2)sc1C(=O)N1CCN(Cc2cccc3cccnc23)CC1. The van der Waals surface area contributed by atoms with Crippen molar-refractivity contribution in [3.8, 4) is 5.75 Å². The maximum Gasteiger partial charge on any atom is 0.265 e. The zero-order valence-corrected chi connectivity index (χ0v) is 20.5. The quantitative estimate of drug-likeness (QED) is 0.370. The highest BCUT2D eigenvalue weighted by atomic mass is 35.5. The van der Waals surface area contributed by atoms with Gasteiger partial charge in [-0.25, -0.2) is 4.98 Å². The Balaban J connectivity index is 1.18. The minimum Gasteiger partial charge on any atom is -0.486 e. The number of hydrogen-bond acceptors (Lipinski definition) is 6. The topological polar surface area (TPSA) is 58.6 Å². The van der Waals surface area contributed by atoms with Gasteiger partial charge in [-0.2, -0.15) is 0 Å². The summed E-state index contributed by atoms with van der Waals surface area (Å²) in [6.45, 7) is 6.11. The molecule has 174 valence electrons. The molecule has 4 aromatic rings. The number of carbonyl (C=O) groups is 1. The zero-order chi connectivity index (χ0) is 23.5. The van der Waals surface area contributed by atoms with Gasteiger partial charge in [0.25, 0.3) is 5.91 Å². The Morgan fingerprint density at radius 3 is 2.62 bits per heavy atom. The smallest absolute Gasteiger partial charge is 0.265 e. The standard InChI is InChI=1S/C26H25ClN4O2S/c1-18-25(34-23(29-18)17-33-22-9-7-21(27)8-10-22)26(32)31-14-12-30(13-15-31)16-20-5-2-4-19-6-3-11-28-24(19)20/h2-11H,12-17H2,1H3. The van der Waals surface area contributed by atoms with Crippen molar-refractivity contribution in [2.45, 2.75) is 20.1 Å². The summed E-state index contributed by atoms with van der Waals surface area (Å²) in [5.74, 6) is 0.780. The van der Waals surface area contributed by atoms with Crippen LogP contribution in [0.2, 0.25) is 5.02 Å². The van der Waals surface area contributed by atoms with E-state index in [0.29, 0.717) is 29.6 Å². The number of carbonyl (C=O) groups excluding carboxylic acids is 1. The molecule has 0 aliphatic carbocycles. The summed E-state index contributed by atoms with van der Waals surface area (Å²) in [6, 6.07) is 17.6. The van der Waals surface area contributed by atoms with Crippen LogP contribution in [0.5, 0.6) is 5.75 Å². The molecule has 0 bridgehead atoms. The lowest BCUT2D eigenvalue weighted by Crippen LogP contribution is -2.48. The van der Waals surface area contributed by atoms with E-state index in [-0.39, 0.29) is 5.91 Å². The van der Waals surface area contributed by atoms with E-state index in [1.807, 2.05) is 36.2 Å². The number of para-hydroxylation sites is 1. The van der Waals surface area contributed by atoms with Crippen LogP contribution in [0.3, 0.4) is 0 Å². The summed E-state index contributed by atoms with van der Waals surface area (Å²) in [5.41, 5.74) is 3.03. The average molecular weight is 493 g/mol. The molecule has 34 heavy (non-hydrogen) atoms. The summed E-state index contributed by atoms with van der Waals surface area (Å²) < 4.78 is 5.79. The monoisotopic (exact) mass is 492 g/mol. The third-order valence-electron chi connectivity index (χ3n) is 5.98. The number of amides is 1. The lowest BCUT2D eigenvalue weighted by atomic mass is 10.1. The van der Waals surface area contributed by atoms with Crippen molar-refractivity contribution in [1.82, 2.24) is 19.8 Å². The lowest BCUT2D eigenvalue weighted by Gasteiger charge is -2.34. The minimum absolute atomic E-state index is 0.0548. The molecular formula is C26H25ClN4O2S. The molecule has 1 amide bonds. The number of nitrogens with zero attached hydrogens (tertiary/aromatic N) is 4. The Bertz CT molecular complexity index is 1290. The summed E-state index contributed by atoms with van der Waals surface area (Å²) in [4.78, 5) is 27.3. The van der Waals surface area contributed by atoms with E-state index in [9.17, 15) is 4.79 Å². The second-order valence-corrected chi connectivity index (χ2v) is 9.85. The number of piperazine rings is 1. The van der Waals surface area contributed by atoms with Crippen molar-refractivity contribution in [3.05, 3.63) is 87.0 Å². The van der Waals surface area contributed by atoms with Gasteiger partial charge in [0.1, 0.15) is 22.2 Å². The first-order chi connectivity index (χ1) is 16.6. The van der Waals surface area contributed by atoms with Crippen molar-refractivity contribution in [3.63, 3.8) is 0 Å². The van der Waals surface area contributed by atoms with E-state index in [4.69, 9.17) is 16.3 Å². The first-order valence-corrected chi connectivity index (χ1v) is 12.5. The molecular weight excluding hydrogens is 468 g/mol. The first kappa shape index (κ1) is 22.8. The van der Waals surface area contributed by atoms with Crippen LogP contribution in [0.15, 0.2) is 60.8 Å². The highest BCUT2D eigenvalue weighted by Gasteiger charge is 2.26. The van der Waals surface area contributed by atoms with Gasteiger partial charge in [-0.15, -0.1) is 11.3 Å². The van der Waals surface area contributed by atoms with Crippen molar-refractivity contribution < 1.29 is 9.53 Å². The number of aryl methyl sites for hydroxylation is 1. The molecule has 2 aromatic carbocycles. The Labute approximate surface area is 207 Å². The molecule has 1 saturated heterocycles. The van der Waals surface area contributed by atoms with E-state index in [1.54, 1.807) is 12.1 Å². The Morgan fingerprint density at radius 2 is 1.82 bits per heavy atom. The molecule has 6 nitrogen and oxygen atoms in total. The van der Waals surface area contributed by atoms with Gasteiger partial charge in [0, 0.05) is 49.3 Å². The van der Waals surface area contributed by atoms with Gasteiger partial charge < -0.3 is 9.64 Å². The second kappa shape index (κ2) is 10.1. The fraction of sp³-hybridized carbons (Fsp3) is 0.269. The van der Waals surface area contributed by atoms with Gasteiger partial charge in [0.2, 0.25) is 0 Å². The van der Waals surface area contributed by atoms with Gasteiger partial charge in [-0.05, 0) is 42.8 Å². The number of thiazole rings is 1. The van der Waals surface area contributed by atoms with Crippen LogP contribution >= 0.6 is 22.9 Å². The highest BCUT2D eigenvalue weighted by molar-refractivity contribution is 7.13. The number of aromatic nitrogens is 2. The molecule has 1 aliphatic rings. The minimum atomic E-state index is 0.0548. The number of halogens is 1. The van der Waals surface area contributed by atoms with Crippen LogP contribution in [-0.2, 0) is 13.2 Å². The van der Waals surface area contributed by atoms with Gasteiger partial charge >= 0.3 is 0 Å². The molecule has 0 saturated carbocycles. The van der Waals surface area contributed by atoms with Crippen molar-refractivity contribution in [2.24, 2.45) is 0 Å². The third kappa shape index (κ3) is 5.06. The maximum atomic E-state index is 13.2. The predicted octanol–water partition coefficient (Wildman–Crippen LogP) is 5.19.